The van der Waals surface area contributed by atoms with E-state index in [1.807, 2.05) is 6.92 Å². The molecule has 0 aliphatic heterocycles. The van der Waals surface area contributed by atoms with Crippen molar-refractivity contribution >= 4 is 0 Å². The van der Waals surface area contributed by atoms with Crippen molar-refractivity contribution in [2.24, 2.45) is 0 Å². The standard InChI is InChI=1S/C7H7N3O2/c1-4-3-6(9-11-4)7-8-5(2)12-10-7/h3H,1-2H3. The van der Waals surface area contributed by atoms with Crippen molar-refractivity contribution in [2.45, 2.75) is 13.8 Å². The summed E-state index contributed by atoms with van der Waals surface area (Å²) in [4.78, 5) is 3.99. The Hall–Kier alpha value is -1.65. The van der Waals surface area contributed by atoms with E-state index in [1.54, 1.807) is 13.0 Å². The summed E-state index contributed by atoms with van der Waals surface area (Å²) >= 11 is 0. The number of rotatable bonds is 1. The Bertz CT molecular complexity index is 353. The van der Waals surface area contributed by atoms with Gasteiger partial charge in [0.25, 0.3) is 0 Å². The van der Waals surface area contributed by atoms with Gasteiger partial charge in [0, 0.05) is 13.0 Å². The smallest absolute Gasteiger partial charge is 0.224 e. The molecule has 0 saturated carbocycles. The van der Waals surface area contributed by atoms with Crippen LogP contribution in [0.1, 0.15) is 11.7 Å². The summed E-state index contributed by atoms with van der Waals surface area (Å²) in [6.07, 6.45) is 0. The molecule has 5 heteroatoms. The van der Waals surface area contributed by atoms with Gasteiger partial charge in [-0.15, -0.1) is 0 Å². The van der Waals surface area contributed by atoms with Gasteiger partial charge in [0.2, 0.25) is 11.7 Å². The maximum Gasteiger partial charge on any atom is 0.224 e. The molecule has 0 amide bonds. The topological polar surface area (TPSA) is 65.0 Å². The molecule has 0 fully saturated rings. The van der Waals surface area contributed by atoms with Gasteiger partial charge in [0.15, 0.2) is 5.69 Å². The lowest BCUT2D eigenvalue weighted by molar-refractivity contribution is 0.389. The Kier molecular flexibility index (Phi) is 1.43. The molecule has 5 nitrogen and oxygen atoms in total. The van der Waals surface area contributed by atoms with Crippen LogP contribution in [0.2, 0.25) is 0 Å². The molecule has 0 aromatic carbocycles. The van der Waals surface area contributed by atoms with Crippen molar-refractivity contribution in [3.63, 3.8) is 0 Å². The second kappa shape index (κ2) is 2.44. The molecule has 0 N–H and O–H groups in total. The molecule has 0 radical (unpaired) electrons. The summed E-state index contributed by atoms with van der Waals surface area (Å²) in [6.45, 7) is 3.53. The molecule has 0 atom stereocenters. The summed E-state index contributed by atoms with van der Waals surface area (Å²) in [6, 6.07) is 1.75. The number of aromatic nitrogens is 3. The third kappa shape index (κ3) is 1.09. The number of hydrogen-bond acceptors (Lipinski definition) is 5. The van der Waals surface area contributed by atoms with Crippen LogP contribution < -0.4 is 0 Å². The summed E-state index contributed by atoms with van der Waals surface area (Å²) in [5.74, 6) is 1.71. The molecule has 0 aliphatic rings. The lowest BCUT2D eigenvalue weighted by Crippen LogP contribution is -1.78. The summed E-state index contributed by atoms with van der Waals surface area (Å²) in [7, 11) is 0. The van der Waals surface area contributed by atoms with Crippen LogP contribution >= 0.6 is 0 Å². The normalized spacial score (nSPS) is 10.5. The molecule has 2 heterocycles. The van der Waals surface area contributed by atoms with Gasteiger partial charge in [0.1, 0.15) is 5.76 Å². The van der Waals surface area contributed by atoms with Gasteiger partial charge in [0.05, 0.1) is 0 Å². The zero-order valence-electron chi connectivity index (χ0n) is 6.74. The molecule has 0 aliphatic carbocycles. The highest BCUT2D eigenvalue weighted by Gasteiger charge is 2.09. The first-order chi connectivity index (χ1) is 5.75. The third-order valence-electron chi connectivity index (χ3n) is 1.38. The average molecular weight is 165 g/mol. The zero-order chi connectivity index (χ0) is 8.55. The van der Waals surface area contributed by atoms with Crippen LogP contribution in [0, 0.1) is 13.8 Å². The first kappa shape index (κ1) is 7.02. The van der Waals surface area contributed by atoms with Gasteiger partial charge in [-0.25, -0.2) is 0 Å². The Morgan fingerprint density at radius 1 is 1.17 bits per heavy atom. The Morgan fingerprint density at radius 3 is 2.50 bits per heavy atom. The van der Waals surface area contributed by atoms with Crippen LogP contribution in [-0.2, 0) is 0 Å². The Balaban J connectivity index is 2.43. The van der Waals surface area contributed by atoms with Crippen LogP contribution in [0.15, 0.2) is 15.1 Å². The SMILES string of the molecule is Cc1cc(-c2noc(C)n2)no1. The van der Waals surface area contributed by atoms with Crippen molar-refractivity contribution in [1.82, 2.24) is 15.3 Å². The molecule has 2 aromatic rings. The summed E-state index contributed by atoms with van der Waals surface area (Å²) in [5.41, 5.74) is 0.601. The van der Waals surface area contributed by atoms with E-state index in [4.69, 9.17) is 9.05 Å². The molecule has 12 heavy (non-hydrogen) atoms. The zero-order valence-corrected chi connectivity index (χ0v) is 6.74. The van der Waals surface area contributed by atoms with Crippen molar-refractivity contribution in [1.29, 1.82) is 0 Å². The predicted octanol–water partition coefficient (Wildman–Crippen LogP) is 1.34. The van der Waals surface area contributed by atoms with E-state index in [0.717, 1.165) is 5.76 Å². The van der Waals surface area contributed by atoms with Crippen LogP contribution in [0.25, 0.3) is 11.5 Å². The Labute approximate surface area is 68.4 Å². The van der Waals surface area contributed by atoms with Gasteiger partial charge in [-0.2, -0.15) is 4.98 Å². The number of hydrogen-bond donors (Lipinski definition) is 0. The number of nitrogens with zero attached hydrogens (tertiary/aromatic N) is 3. The second-order valence-corrected chi connectivity index (χ2v) is 2.46. The van der Waals surface area contributed by atoms with Crippen molar-refractivity contribution in [3.05, 3.63) is 17.7 Å². The minimum absolute atomic E-state index is 0.462. The summed E-state index contributed by atoms with van der Waals surface area (Å²) < 4.78 is 9.64. The summed E-state index contributed by atoms with van der Waals surface area (Å²) in [5, 5.41) is 7.43. The molecule has 2 rings (SSSR count). The minimum Gasteiger partial charge on any atom is -0.361 e. The van der Waals surface area contributed by atoms with Crippen molar-refractivity contribution in [3.8, 4) is 11.5 Å². The first-order valence-corrected chi connectivity index (χ1v) is 3.50. The lowest BCUT2D eigenvalue weighted by atomic mass is 10.4. The largest absolute Gasteiger partial charge is 0.361 e. The van der Waals surface area contributed by atoms with E-state index in [1.165, 1.54) is 0 Å². The highest BCUT2D eigenvalue weighted by Crippen LogP contribution is 2.14. The molecule has 62 valence electrons. The van der Waals surface area contributed by atoms with Crippen LogP contribution in [0.5, 0.6) is 0 Å². The fourth-order valence-electron chi connectivity index (χ4n) is 0.875. The molecular weight excluding hydrogens is 158 g/mol. The molecule has 0 spiro atoms. The maximum atomic E-state index is 4.86. The van der Waals surface area contributed by atoms with Crippen LogP contribution in [0.3, 0.4) is 0 Å². The average Bonchev–Trinajstić information content (AvgIpc) is 2.58. The van der Waals surface area contributed by atoms with E-state index in [0.29, 0.717) is 17.4 Å². The van der Waals surface area contributed by atoms with Gasteiger partial charge >= 0.3 is 0 Å². The van der Waals surface area contributed by atoms with E-state index >= 15 is 0 Å². The van der Waals surface area contributed by atoms with Crippen LogP contribution in [0.4, 0.5) is 0 Å². The monoisotopic (exact) mass is 165 g/mol. The second-order valence-electron chi connectivity index (χ2n) is 2.46. The molecule has 2 aromatic heterocycles. The number of aryl methyl sites for hydroxylation is 2. The minimum atomic E-state index is 0.462. The third-order valence-corrected chi connectivity index (χ3v) is 1.38. The quantitative estimate of drug-likeness (QED) is 0.637. The van der Waals surface area contributed by atoms with Crippen molar-refractivity contribution in [2.75, 3.05) is 0 Å². The molecule has 0 saturated heterocycles. The molecular formula is C7H7N3O2. The van der Waals surface area contributed by atoms with Crippen molar-refractivity contribution < 1.29 is 9.05 Å². The first-order valence-electron chi connectivity index (χ1n) is 3.50. The fourth-order valence-corrected chi connectivity index (χ4v) is 0.875. The van der Waals surface area contributed by atoms with Gasteiger partial charge in [-0.1, -0.05) is 10.3 Å². The van der Waals surface area contributed by atoms with Crippen LogP contribution in [-0.4, -0.2) is 15.3 Å². The lowest BCUT2D eigenvalue weighted by Gasteiger charge is -1.77. The highest BCUT2D eigenvalue weighted by atomic mass is 16.5. The van der Waals surface area contributed by atoms with E-state index in [-0.39, 0.29) is 0 Å². The maximum absolute atomic E-state index is 4.86. The van der Waals surface area contributed by atoms with Gasteiger partial charge in [-0.05, 0) is 6.92 Å². The van der Waals surface area contributed by atoms with E-state index in [2.05, 4.69) is 15.3 Å². The predicted molar refractivity (Wildman–Crippen MR) is 39.3 cm³/mol. The van der Waals surface area contributed by atoms with Gasteiger partial charge in [-0.3, -0.25) is 0 Å². The van der Waals surface area contributed by atoms with E-state index in [9.17, 15) is 0 Å². The van der Waals surface area contributed by atoms with E-state index < -0.39 is 0 Å². The molecule has 0 unspecified atom stereocenters. The Morgan fingerprint density at radius 2 is 2.00 bits per heavy atom. The van der Waals surface area contributed by atoms with Gasteiger partial charge < -0.3 is 9.05 Å². The highest BCUT2D eigenvalue weighted by molar-refractivity contribution is 5.47. The fraction of sp³-hybridized carbons (Fsp3) is 0.286. The molecule has 0 bridgehead atoms.